The van der Waals surface area contributed by atoms with Crippen molar-refractivity contribution in [2.45, 2.75) is 6.92 Å². The molecule has 1 heterocycles. The average molecular weight is 203 g/mol. The Hall–Kier alpha value is -0.640. The number of nitrogens with zero attached hydrogens (tertiary/aromatic N) is 2. The van der Waals surface area contributed by atoms with Gasteiger partial charge in [-0.15, -0.1) is 0 Å². The third-order valence-corrected chi connectivity index (χ3v) is 2.21. The first-order valence-corrected chi connectivity index (χ1v) is 3.60. The van der Waals surface area contributed by atoms with Gasteiger partial charge in [-0.25, -0.2) is 4.98 Å². The molecule has 0 amide bonds. The monoisotopic (exact) mass is 202 g/mol. The molecule has 4 heteroatoms. The van der Waals surface area contributed by atoms with Gasteiger partial charge in [-0.2, -0.15) is 0 Å². The topological polar surface area (TPSA) is 34.9 Å². The number of rotatable bonds is 1. The molecule has 0 atom stereocenters. The van der Waals surface area contributed by atoms with Crippen LogP contribution in [-0.4, -0.2) is 15.8 Å². The van der Waals surface area contributed by atoms with Crippen molar-refractivity contribution in [3.63, 3.8) is 0 Å². The van der Waals surface area contributed by atoms with Gasteiger partial charge in [0, 0.05) is 12.7 Å². The maximum absolute atomic E-state index is 10.3. The molecule has 0 saturated heterocycles. The van der Waals surface area contributed by atoms with Crippen molar-refractivity contribution in [3.8, 4) is 0 Å². The van der Waals surface area contributed by atoms with Gasteiger partial charge in [0.1, 0.15) is 4.60 Å². The highest BCUT2D eigenvalue weighted by Crippen LogP contribution is 2.13. The van der Waals surface area contributed by atoms with E-state index in [4.69, 9.17) is 0 Å². The number of carbonyl (C=O) groups excluding carboxylic acids is 1. The first kappa shape index (κ1) is 7.47. The molecule has 0 aliphatic carbocycles. The minimum absolute atomic E-state index is 0.448. The summed E-state index contributed by atoms with van der Waals surface area (Å²) in [6.07, 6.45) is 0.734. The molecule has 0 spiro atoms. The van der Waals surface area contributed by atoms with Gasteiger partial charge in [0.25, 0.3) is 0 Å². The summed E-state index contributed by atoms with van der Waals surface area (Å²) in [5.41, 5.74) is 0.960. The predicted octanol–water partition coefficient (Wildman–Crippen LogP) is 1.30. The van der Waals surface area contributed by atoms with E-state index in [1.165, 1.54) is 0 Å². The minimum atomic E-state index is 0.448. The summed E-state index contributed by atoms with van der Waals surface area (Å²) in [7, 11) is 1.80. The summed E-state index contributed by atoms with van der Waals surface area (Å²) >= 11 is 3.22. The number of halogens is 1. The number of carbonyl (C=O) groups is 1. The highest BCUT2D eigenvalue weighted by molar-refractivity contribution is 9.10. The predicted molar refractivity (Wildman–Crippen MR) is 41.0 cm³/mol. The van der Waals surface area contributed by atoms with Crippen molar-refractivity contribution < 1.29 is 4.79 Å². The van der Waals surface area contributed by atoms with Crippen molar-refractivity contribution >= 4 is 22.2 Å². The summed E-state index contributed by atoms with van der Waals surface area (Å²) < 4.78 is 2.47. The Balaban J connectivity index is 3.30. The van der Waals surface area contributed by atoms with Crippen molar-refractivity contribution in [1.82, 2.24) is 9.55 Å². The molecule has 0 radical (unpaired) electrons. The van der Waals surface area contributed by atoms with E-state index in [1.54, 1.807) is 11.6 Å². The second-order valence-corrected chi connectivity index (χ2v) is 2.77. The Morgan fingerprint density at radius 2 is 2.30 bits per heavy atom. The van der Waals surface area contributed by atoms with Crippen LogP contribution in [0.15, 0.2) is 4.60 Å². The normalized spacial score (nSPS) is 9.90. The second kappa shape index (κ2) is 2.54. The Morgan fingerprint density at radius 3 is 2.50 bits per heavy atom. The van der Waals surface area contributed by atoms with Gasteiger partial charge >= 0.3 is 0 Å². The van der Waals surface area contributed by atoms with Crippen molar-refractivity contribution in [2.75, 3.05) is 0 Å². The van der Waals surface area contributed by atoms with E-state index in [1.807, 2.05) is 6.92 Å². The lowest BCUT2D eigenvalue weighted by Gasteiger charge is -1.93. The maximum atomic E-state index is 10.3. The summed E-state index contributed by atoms with van der Waals surface area (Å²) in [5.74, 6) is 0.448. The Labute approximate surface area is 67.2 Å². The lowest BCUT2D eigenvalue weighted by atomic mass is 10.5. The summed E-state index contributed by atoms with van der Waals surface area (Å²) in [6.45, 7) is 1.89. The smallest absolute Gasteiger partial charge is 0.185 e. The van der Waals surface area contributed by atoms with E-state index >= 15 is 0 Å². The van der Waals surface area contributed by atoms with E-state index in [2.05, 4.69) is 20.9 Å². The van der Waals surface area contributed by atoms with E-state index < -0.39 is 0 Å². The van der Waals surface area contributed by atoms with E-state index in [9.17, 15) is 4.79 Å². The quantitative estimate of drug-likeness (QED) is 0.644. The van der Waals surface area contributed by atoms with Gasteiger partial charge in [0.15, 0.2) is 12.1 Å². The standard InChI is InChI=1S/C6H7BrN2O/c1-4-6(7)8-5(3-10)9(4)2/h3H,1-2H3. The molecule has 1 rings (SSSR count). The highest BCUT2D eigenvalue weighted by Gasteiger charge is 2.05. The Bertz CT molecular complexity index is 267. The molecule has 0 fully saturated rings. The van der Waals surface area contributed by atoms with Crippen LogP contribution in [0.3, 0.4) is 0 Å². The number of hydrogen-bond donors (Lipinski definition) is 0. The van der Waals surface area contributed by atoms with Crippen molar-refractivity contribution in [1.29, 1.82) is 0 Å². The molecule has 3 nitrogen and oxygen atoms in total. The third kappa shape index (κ3) is 0.988. The zero-order valence-corrected chi connectivity index (χ0v) is 7.34. The molecule has 1 aromatic heterocycles. The van der Waals surface area contributed by atoms with Crippen molar-refractivity contribution in [3.05, 3.63) is 16.1 Å². The average Bonchev–Trinajstić information content (AvgIpc) is 2.17. The van der Waals surface area contributed by atoms with Crippen LogP contribution in [0.2, 0.25) is 0 Å². The first-order chi connectivity index (χ1) is 4.66. The molecular formula is C6H7BrN2O. The second-order valence-electron chi connectivity index (χ2n) is 2.02. The first-order valence-electron chi connectivity index (χ1n) is 2.81. The molecule has 0 unspecified atom stereocenters. The van der Waals surface area contributed by atoms with Crippen LogP contribution in [0.25, 0.3) is 0 Å². The van der Waals surface area contributed by atoms with Gasteiger partial charge in [0.05, 0.1) is 0 Å². The van der Waals surface area contributed by atoms with Crippen LogP contribution < -0.4 is 0 Å². The van der Waals surface area contributed by atoms with E-state index in [0.717, 1.165) is 16.6 Å². The van der Waals surface area contributed by atoms with Gasteiger partial charge in [-0.05, 0) is 22.9 Å². The van der Waals surface area contributed by atoms with Crippen LogP contribution in [-0.2, 0) is 7.05 Å². The molecule has 0 bridgehead atoms. The zero-order chi connectivity index (χ0) is 7.72. The number of hydrogen-bond acceptors (Lipinski definition) is 2. The van der Waals surface area contributed by atoms with Gasteiger partial charge in [0.2, 0.25) is 0 Å². The van der Waals surface area contributed by atoms with E-state index in [-0.39, 0.29) is 0 Å². The third-order valence-electron chi connectivity index (χ3n) is 1.46. The maximum Gasteiger partial charge on any atom is 0.185 e. The van der Waals surface area contributed by atoms with Crippen molar-refractivity contribution in [2.24, 2.45) is 7.05 Å². The van der Waals surface area contributed by atoms with Gasteiger partial charge in [-0.3, -0.25) is 4.79 Å². The Morgan fingerprint density at radius 1 is 1.70 bits per heavy atom. The fraction of sp³-hybridized carbons (Fsp3) is 0.333. The number of aldehydes is 1. The lowest BCUT2D eigenvalue weighted by Crippen LogP contribution is -1.96. The highest BCUT2D eigenvalue weighted by atomic mass is 79.9. The minimum Gasteiger partial charge on any atom is -0.328 e. The summed E-state index contributed by atoms with van der Waals surface area (Å²) in [6, 6.07) is 0. The number of aromatic nitrogens is 2. The molecular weight excluding hydrogens is 196 g/mol. The fourth-order valence-electron chi connectivity index (χ4n) is 0.672. The van der Waals surface area contributed by atoms with Crippen LogP contribution in [0.1, 0.15) is 16.3 Å². The van der Waals surface area contributed by atoms with Crippen LogP contribution in [0.5, 0.6) is 0 Å². The largest absolute Gasteiger partial charge is 0.328 e. The molecule has 1 aromatic rings. The van der Waals surface area contributed by atoms with Crippen LogP contribution >= 0.6 is 15.9 Å². The summed E-state index contributed by atoms with van der Waals surface area (Å²) in [5, 5.41) is 0. The SMILES string of the molecule is Cc1c(Br)nc(C=O)n1C. The van der Waals surface area contributed by atoms with E-state index in [0.29, 0.717) is 5.82 Å². The molecule has 0 aliphatic rings. The molecule has 0 aromatic carbocycles. The molecule has 0 saturated carbocycles. The van der Waals surface area contributed by atoms with Crippen LogP contribution in [0.4, 0.5) is 0 Å². The molecule has 0 N–H and O–H groups in total. The zero-order valence-electron chi connectivity index (χ0n) is 5.76. The molecule has 54 valence electrons. The Kier molecular flexibility index (Phi) is 1.89. The lowest BCUT2D eigenvalue weighted by molar-refractivity contribution is 0.111. The number of imidazole rings is 1. The van der Waals surface area contributed by atoms with Gasteiger partial charge in [-0.1, -0.05) is 0 Å². The molecule has 10 heavy (non-hydrogen) atoms. The molecule has 0 aliphatic heterocycles. The fourth-order valence-corrected chi connectivity index (χ4v) is 1.12. The van der Waals surface area contributed by atoms with Crippen LogP contribution in [0, 0.1) is 6.92 Å². The summed E-state index contributed by atoms with van der Waals surface area (Å²) in [4.78, 5) is 14.2. The van der Waals surface area contributed by atoms with Gasteiger partial charge < -0.3 is 4.57 Å².